The van der Waals surface area contributed by atoms with Crippen LogP contribution >= 0.6 is 0 Å². The van der Waals surface area contributed by atoms with Crippen LogP contribution < -0.4 is 9.62 Å². The zero-order chi connectivity index (χ0) is 23.7. The van der Waals surface area contributed by atoms with Gasteiger partial charge in [0.1, 0.15) is 12.6 Å². The van der Waals surface area contributed by atoms with Crippen LogP contribution in [0.5, 0.6) is 0 Å². The molecule has 2 rings (SSSR count). The van der Waals surface area contributed by atoms with Crippen LogP contribution in [0.25, 0.3) is 0 Å². The highest BCUT2D eigenvalue weighted by molar-refractivity contribution is 7.92. The van der Waals surface area contributed by atoms with Crippen LogP contribution in [-0.4, -0.2) is 50.0 Å². The first-order valence-electron chi connectivity index (χ1n) is 10.8. The van der Waals surface area contributed by atoms with Crippen molar-refractivity contribution in [1.82, 2.24) is 10.2 Å². The Kier molecular flexibility index (Phi) is 9.26. The van der Waals surface area contributed by atoms with Crippen LogP contribution in [0.4, 0.5) is 5.69 Å². The first-order chi connectivity index (χ1) is 15.2. The molecule has 174 valence electrons. The summed E-state index contributed by atoms with van der Waals surface area (Å²) in [6.45, 7) is 5.55. The predicted molar refractivity (Wildman–Crippen MR) is 128 cm³/mol. The van der Waals surface area contributed by atoms with Gasteiger partial charge in [-0.05, 0) is 37.5 Å². The smallest absolute Gasteiger partial charge is 0.244 e. The largest absolute Gasteiger partial charge is 0.352 e. The lowest BCUT2D eigenvalue weighted by Crippen LogP contribution is -2.53. The minimum absolute atomic E-state index is 0.0259. The van der Waals surface area contributed by atoms with E-state index in [1.807, 2.05) is 51.1 Å². The SMILES string of the molecule is CC[C@H](C(=O)N[C@@H](C)CC)N(Cc1ccccc1)C(=O)CN(c1ccccc1)S(C)(=O)=O. The molecule has 8 heteroatoms. The van der Waals surface area contributed by atoms with Crippen molar-refractivity contribution >= 4 is 27.5 Å². The number of benzene rings is 2. The molecule has 0 aromatic heterocycles. The summed E-state index contributed by atoms with van der Waals surface area (Å²) in [5.41, 5.74) is 1.27. The Morgan fingerprint density at radius 3 is 2.00 bits per heavy atom. The van der Waals surface area contributed by atoms with Gasteiger partial charge in [-0.3, -0.25) is 13.9 Å². The second-order valence-corrected chi connectivity index (χ2v) is 9.76. The number of carbonyl (C=O) groups is 2. The molecule has 0 fully saturated rings. The molecule has 2 aromatic rings. The lowest BCUT2D eigenvalue weighted by Gasteiger charge is -2.33. The highest BCUT2D eigenvalue weighted by Gasteiger charge is 2.32. The van der Waals surface area contributed by atoms with Gasteiger partial charge >= 0.3 is 0 Å². The lowest BCUT2D eigenvalue weighted by atomic mass is 10.1. The number of nitrogens with zero attached hydrogens (tertiary/aromatic N) is 2. The number of amides is 2. The summed E-state index contributed by atoms with van der Waals surface area (Å²) < 4.78 is 26.0. The Balaban J connectivity index is 2.38. The quantitative estimate of drug-likeness (QED) is 0.559. The summed E-state index contributed by atoms with van der Waals surface area (Å²) >= 11 is 0. The van der Waals surface area contributed by atoms with E-state index in [9.17, 15) is 18.0 Å². The van der Waals surface area contributed by atoms with E-state index in [1.54, 1.807) is 30.3 Å². The molecule has 0 unspecified atom stereocenters. The maximum Gasteiger partial charge on any atom is 0.244 e. The average molecular weight is 460 g/mol. The van der Waals surface area contributed by atoms with Crippen LogP contribution in [0.15, 0.2) is 60.7 Å². The standard InChI is InChI=1S/C24H33N3O4S/c1-5-19(3)25-24(29)22(6-2)26(17-20-13-9-7-10-14-20)23(28)18-27(32(4,30)31)21-15-11-8-12-16-21/h7-16,19,22H,5-6,17-18H2,1-4H3,(H,25,29)/t19-,22+/m0/s1. The maximum atomic E-state index is 13.5. The second kappa shape index (κ2) is 11.7. The normalized spacial score (nSPS) is 13.1. The van der Waals surface area contributed by atoms with Gasteiger partial charge in [-0.1, -0.05) is 62.4 Å². The highest BCUT2D eigenvalue weighted by atomic mass is 32.2. The molecule has 7 nitrogen and oxygen atoms in total. The number of sulfonamides is 1. The van der Waals surface area contributed by atoms with Gasteiger partial charge in [0.25, 0.3) is 0 Å². The summed E-state index contributed by atoms with van der Waals surface area (Å²) in [5.74, 6) is -0.675. The van der Waals surface area contributed by atoms with Crippen molar-refractivity contribution in [3.63, 3.8) is 0 Å². The first kappa shape index (κ1) is 25.4. The summed E-state index contributed by atoms with van der Waals surface area (Å²) in [7, 11) is -3.71. The molecule has 0 aliphatic heterocycles. The molecule has 2 aromatic carbocycles. The van der Waals surface area contributed by atoms with Crippen molar-refractivity contribution in [3.05, 3.63) is 66.2 Å². The van der Waals surface area contributed by atoms with Crippen molar-refractivity contribution < 1.29 is 18.0 Å². The fourth-order valence-electron chi connectivity index (χ4n) is 3.35. The predicted octanol–water partition coefficient (Wildman–Crippen LogP) is 3.17. The van der Waals surface area contributed by atoms with E-state index in [-0.39, 0.29) is 25.0 Å². The summed E-state index contributed by atoms with van der Waals surface area (Å²) in [6, 6.07) is 17.1. The van der Waals surface area contributed by atoms with E-state index < -0.39 is 22.0 Å². The minimum Gasteiger partial charge on any atom is -0.352 e. The van der Waals surface area contributed by atoms with E-state index in [0.717, 1.165) is 22.5 Å². The molecule has 1 N–H and O–H groups in total. The number of carbonyl (C=O) groups excluding carboxylic acids is 2. The molecular weight excluding hydrogens is 426 g/mol. The van der Waals surface area contributed by atoms with Crippen LogP contribution in [0.3, 0.4) is 0 Å². The number of para-hydroxylation sites is 1. The topological polar surface area (TPSA) is 86.8 Å². The number of hydrogen-bond donors (Lipinski definition) is 1. The number of nitrogens with one attached hydrogen (secondary N) is 1. The van der Waals surface area contributed by atoms with Crippen molar-refractivity contribution in [1.29, 1.82) is 0 Å². The lowest BCUT2D eigenvalue weighted by molar-refractivity contribution is -0.140. The zero-order valence-corrected chi connectivity index (χ0v) is 20.0. The molecular formula is C24H33N3O4S. The average Bonchev–Trinajstić information content (AvgIpc) is 2.77. The Bertz CT molecular complexity index is 981. The Morgan fingerprint density at radius 1 is 0.938 bits per heavy atom. The molecule has 0 spiro atoms. The fourth-order valence-corrected chi connectivity index (χ4v) is 4.20. The molecule has 0 saturated heterocycles. The molecule has 0 bridgehead atoms. The summed E-state index contributed by atoms with van der Waals surface area (Å²) in [4.78, 5) is 28.0. The summed E-state index contributed by atoms with van der Waals surface area (Å²) in [5, 5.41) is 2.95. The van der Waals surface area contributed by atoms with Crippen LogP contribution in [-0.2, 0) is 26.2 Å². The van der Waals surface area contributed by atoms with E-state index in [2.05, 4.69) is 5.32 Å². The van der Waals surface area contributed by atoms with E-state index in [0.29, 0.717) is 12.1 Å². The zero-order valence-electron chi connectivity index (χ0n) is 19.2. The maximum absolute atomic E-state index is 13.5. The number of anilines is 1. The van der Waals surface area contributed by atoms with Crippen molar-refractivity contribution in [3.8, 4) is 0 Å². The van der Waals surface area contributed by atoms with Gasteiger partial charge in [0.15, 0.2) is 0 Å². The third-order valence-electron chi connectivity index (χ3n) is 5.31. The third-order valence-corrected chi connectivity index (χ3v) is 6.45. The number of rotatable bonds is 11. The monoisotopic (exact) mass is 459 g/mol. The van der Waals surface area contributed by atoms with Gasteiger partial charge in [0, 0.05) is 12.6 Å². The molecule has 0 heterocycles. The Morgan fingerprint density at radius 2 is 1.50 bits per heavy atom. The van der Waals surface area contributed by atoms with Crippen LogP contribution in [0, 0.1) is 0 Å². The molecule has 32 heavy (non-hydrogen) atoms. The van der Waals surface area contributed by atoms with Crippen LogP contribution in [0.1, 0.15) is 39.2 Å². The molecule has 0 radical (unpaired) electrons. The Labute approximate surface area is 191 Å². The van der Waals surface area contributed by atoms with Gasteiger partial charge in [0.2, 0.25) is 21.8 Å². The van der Waals surface area contributed by atoms with Crippen molar-refractivity contribution in [2.24, 2.45) is 0 Å². The van der Waals surface area contributed by atoms with Gasteiger partial charge in [-0.15, -0.1) is 0 Å². The fraction of sp³-hybridized carbons (Fsp3) is 0.417. The third kappa shape index (κ3) is 7.09. The van der Waals surface area contributed by atoms with Gasteiger partial charge in [-0.25, -0.2) is 8.42 Å². The molecule has 2 atom stereocenters. The van der Waals surface area contributed by atoms with Gasteiger partial charge in [0.05, 0.1) is 11.9 Å². The highest BCUT2D eigenvalue weighted by Crippen LogP contribution is 2.19. The molecule has 2 amide bonds. The van der Waals surface area contributed by atoms with E-state index in [1.165, 1.54) is 4.90 Å². The number of hydrogen-bond acceptors (Lipinski definition) is 4. The summed E-state index contributed by atoms with van der Waals surface area (Å²) in [6.07, 6.45) is 2.25. The minimum atomic E-state index is -3.71. The van der Waals surface area contributed by atoms with Crippen LogP contribution in [0.2, 0.25) is 0 Å². The first-order valence-corrected chi connectivity index (χ1v) is 12.7. The Hall–Kier alpha value is -2.87. The van der Waals surface area contributed by atoms with Gasteiger partial charge < -0.3 is 10.2 Å². The molecule has 0 aliphatic carbocycles. The van der Waals surface area contributed by atoms with Gasteiger partial charge in [-0.2, -0.15) is 0 Å². The van der Waals surface area contributed by atoms with Crippen molar-refractivity contribution in [2.75, 3.05) is 17.1 Å². The molecule has 0 saturated carbocycles. The second-order valence-electron chi connectivity index (χ2n) is 7.85. The van der Waals surface area contributed by atoms with E-state index in [4.69, 9.17) is 0 Å². The van der Waals surface area contributed by atoms with E-state index >= 15 is 0 Å². The molecule has 0 aliphatic rings. The van der Waals surface area contributed by atoms with Crippen molar-refractivity contribution in [2.45, 2.75) is 52.2 Å².